The van der Waals surface area contributed by atoms with E-state index < -0.39 is 0 Å². The van der Waals surface area contributed by atoms with Crippen molar-refractivity contribution in [3.8, 4) is 5.75 Å². The number of hydrogen-bond acceptors (Lipinski definition) is 4. The van der Waals surface area contributed by atoms with Crippen LogP contribution >= 0.6 is 11.8 Å². The monoisotopic (exact) mass is 430 g/mol. The molecule has 156 valence electrons. The molecule has 1 aliphatic rings. The van der Waals surface area contributed by atoms with Gasteiger partial charge in [-0.05, 0) is 41.5 Å². The summed E-state index contributed by atoms with van der Waals surface area (Å²) in [5.74, 6) is 0.939. The van der Waals surface area contributed by atoms with Crippen molar-refractivity contribution in [1.82, 2.24) is 0 Å². The van der Waals surface area contributed by atoms with Crippen LogP contribution in [0.3, 0.4) is 0 Å². The number of carbonyl (C=O) groups is 2. The topological polar surface area (TPSA) is 58.6 Å². The van der Waals surface area contributed by atoms with E-state index in [1.165, 1.54) is 6.08 Å². The zero-order valence-corrected chi connectivity index (χ0v) is 17.8. The van der Waals surface area contributed by atoms with E-state index in [0.29, 0.717) is 17.2 Å². The molecule has 1 aliphatic heterocycles. The Labute approximate surface area is 185 Å². The summed E-state index contributed by atoms with van der Waals surface area (Å²) in [7, 11) is 1.61. The van der Waals surface area contributed by atoms with E-state index in [2.05, 4.69) is 5.32 Å². The normalized spacial score (nSPS) is 16.0. The fourth-order valence-electron chi connectivity index (χ4n) is 3.40. The lowest BCUT2D eigenvalue weighted by molar-refractivity contribution is -0.116. The van der Waals surface area contributed by atoms with Crippen molar-refractivity contribution < 1.29 is 14.3 Å². The van der Waals surface area contributed by atoms with Crippen LogP contribution in [0.5, 0.6) is 5.75 Å². The third-order valence-corrected chi connectivity index (χ3v) is 6.08. The Hall–Kier alpha value is -3.51. The number of benzene rings is 3. The van der Waals surface area contributed by atoms with Gasteiger partial charge in [0, 0.05) is 23.5 Å². The van der Waals surface area contributed by atoms with Crippen LogP contribution in [-0.2, 0) is 9.59 Å². The molecule has 1 unspecified atom stereocenters. The van der Waals surface area contributed by atoms with Gasteiger partial charge in [-0.25, -0.2) is 0 Å². The fraction of sp³-hybridized carbons (Fsp3) is 0.120. The zero-order chi connectivity index (χ0) is 21.6. The Morgan fingerprint density at radius 3 is 2.68 bits per heavy atom. The van der Waals surface area contributed by atoms with Crippen molar-refractivity contribution in [2.45, 2.75) is 5.37 Å². The number of amides is 2. The minimum atomic E-state index is -0.208. The SMILES string of the molecule is COc1cccc(N2C(=O)CSC2c2cccc(NC(=O)/C=C/c3ccccc3)c2)c1. The lowest BCUT2D eigenvalue weighted by Gasteiger charge is -2.25. The molecule has 0 radical (unpaired) electrons. The first-order valence-corrected chi connectivity index (χ1v) is 10.9. The summed E-state index contributed by atoms with van der Waals surface area (Å²) in [6, 6.07) is 24.8. The van der Waals surface area contributed by atoms with Crippen LogP contribution in [0.15, 0.2) is 84.9 Å². The Kier molecular flexibility index (Phi) is 6.38. The molecule has 1 saturated heterocycles. The number of rotatable bonds is 6. The Bertz CT molecular complexity index is 1110. The van der Waals surface area contributed by atoms with E-state index in [-0.39, 0.29) is 17.2 Å². The lowest BCUT2D eigenvalue weighted by atomic mass is 10.1. The highest BCUT2D eigenvalue weighted by Gasteiger charge is 2.34. The number of anilines is 2. The average molecular weight is 431 g/mol. The molecule has 3 aromatic rings. The van der Waals surface area contributed by atoms with E-state index >= 15 is 0 Å². The maximum Gasteiger partial charge on any atom is 0.248 e. The van der Waals surface area contributed by atoms with Crippen molar-refractivity contribution in [3.63, 3.8) is 0 Å². The van der Waals surface area contributed by atoms with E-state index in [9.17, 15) is 9.59 Å². The van der Waals surface area contributed by atoms with E-state index in [1.54, 1.807) is 29.8 Å². The highest BCUT2D eigenvalue weighted by molar-refractivity contribution is 8.00. The second-order valence-corrected chi connectivity index (χ2v) is 8.06. The van der Waals surface area contributed by atoms with Gasteiger partial charge < -0.3 is 10.1 Å². The minimum Gasteiger partial charge on any atom is -0.497 e. The van der Waals surface area contributed by atoms with Gasteiger partial charge in [-0.15, -0.1) is 11.8 Å². The third kappa shape index (κ3) is 4.98. The summed E-state index contributed by atoms with van der Waals surface area (Å²) < 4.78 is 5.31. The molecule has 1 N–H and O–H groups in total. The van der Waals surface area contributed by atoms with Crippen LogP contribution < -0.4 is 15.0 Å². The molecule has 31 heavy (non-hydrogen) atoms. The Morgan fingerprint density at radius 2 is 1.87 bits per heavy atom. The summed E-state index contributed by atoms with van der Waals surface area (Å²) in [4.78, 5) is 26.8. The predicted molar refractivity (Wildman–Crippen MR) is 126 cm³/mol. The maximum absolute atomic E-state index is 12.6. The van der Waals surface area contributed by atoms with Gasteiger partial charge >= 0.3 is 0 Å². The van der Waals surface area contributed by atoms with Gasteiger partial charge in [0.25, 0.3) is 0 Å². The van der Waals surface area contributed by atoms with Crippen LogP contribution in [0.1, 0.15) is 16.5 Å². The molecule has 1 atom stereocenters. The second-order valence-electron chi connectivity index (χ2n) is 6.99. The molecule has 0 aromatic heterocycles. The second kappa shape index (κ2) is 9.53. The number of nitrogens with one attached hydrogen (secondary N) is 1. The van der Waals surface area contributed by atoms with Gasteiger partial charge in [0.1, 0.15) is 11.1 Å². The van der Waals surface area contributed by atoms with Gasteiger partial charge in [0.05, 0.1) is 12.9 Å². The van der Waals surface area contributed by atoms with Crippen molar-refractivity contribution in [2.24, 2.45) is 0 Å². The first-order valence-electron chi connectivity index (χ1n) is 9.86. The molecular formula is C25H22N2O3S. The molecule has 3 aromatic carbocycles. The Balaban J connectivity index is 1.52. The lowest BCUT2D eigenvalue weighted by Crippen LogP contribution is -2.27. The first-order chi connectivity index (χ1) is 15.1. The number of thioether (sulfide) groups is 1. The number of ether oxygens (including phenoxy) is 1. The van der Waals surface area contributed by atoms with Gasteiger partial charge in [0.2, 0.25) is 11.8 Å². The van der Waals surface area contributed by atoms with E-state index in [1.807, 2.05) is 78.9 Å². The van der Waals surface area contributed by atoms with Crippen LogP contribution in [0.25, 0.3) is 6.08 Å². The van der Waals surface area contributed by atoms with Crippen molar-refractivity contribution in [2.75, 3.05) is 23.1 Å². The van der Waals surface area contributed by atoms with Crippen LogP contribution in [0.2, 0.25) is 0 Å². The van der Waals surface area contributed by atoms with Gasteiger partial charge in [0.15, 0.2) is 0 Å². The molecule has 0 spiro atoms. The summed E-state index contributed by atoms with van der Waals surface area (Å²) in [6.07, 6.45) is 3.29. The highest BCUT2D eigenvalue weighted by Crippen LogP contribution is 2.42. The standard InChI is InChI=1S/C25H22N2O3S/c1-30-22-12-6-11-21(16-22)27-24(29)17-31-25(27)19-9-5-10-20(15-19)26-23(28)14-13-18-7-3-2-4-8-18/h2-16,25H,17H2,1H3,(H,26,28)/b14-13+. The van der Waals surface area contributed by atoms with Crippen LogP contribution in [0, 0.1) is 0 Å². The van der Waals surface area contributed by atoms with Crippen molar-refractivity contribution >= 4 is 41.0 Å². The summed E-state index contributed by atoms with van der Waals surface area (Å²) >= 11 is 1.56. The number of methoxy groups -OCH3 is 1. The fourth-order valence-corrected chi connectivity index (χ4v) is 4.57. The Morgan fingerprint density at radius 1 is 1.06 bits per heavy atom. The maximum atomic E-state index is 12.6. The van der Waals surface area contributed by atoms with Crippen molar-refractivity contribution in [1.29, 1.82) is 0 Å². The van der Waals surface area contributed by atoms with Crippen molar-refractivity contribution in [3.05, 3.63) is 96.1 Å². The molecule has 5 nitrogen and oxygen atoms in total. The molecule has 1 fully saturated rings. The molecule has 1 heterocycles. The van der Waals surface area contributed by atoms with Gasteiger partial charge in [-0.3, -0.25) is 14.5 Å². The number of nitrogens with zero attached hydrogens (tertiary/aromatic N) is 1. The third-order valence-electron chi connectivity index (χ3n) is 4.87. The summed E-state index contributed by atoms with van der Waals surface area (Å²) in [5, 5.41) is 2.73. The minimum absolute atomic E-state index is 0.0449. The predicted octanol–water partition coefficient (Wildman–Crippen LogP) is 5.13. The first kappa shape index (κ1) is 20.8. The quantitative estimate of drug-likeness (QED) is 0.551. The molecule has 6 heteroatoms. The molecule has 2 amide bonds. The van der Waals surface area contributed by atoms with Crippen LogP contribution in [0.4, 0.5) is 11.4 Å². The molecular weight excluding hydrogens is 408 g/mol. The summed E-state index contributed by atoms with van der Waals surface area (Å²) in [6.45, 7) is 0. The average Bonchev–Trinajstić information content (AvgIpc) is 3.20. The van der Waals surface area contributed by atoms with Gasteiger partial charge in [-0.2, -0.15) is 0 Å². The number of hydrogen-bond donors (Lipinski definition) is 1. The molecule has 0 bridgehead atoms. The van der Waals surface area contributed by atoms with E-state index in [0.717, 1.165) is 16.8 Å². The molecule has 0 saturated carbocycles. The van der Waals surface area contributed by atoms with E-state index in [4.69, 9.17) is 4.74 Å². The number of carbonyl (C=O) groups excluding carboxylic acids is 2. The highest BCUT2D eigenvalue weighted by atomic mass is 32.2. The largest absolute Gasteiger partial charge is 0.497 e. The molecule has 4 rings (SSSR count). The van der Waals surface area contributed by atoms with Gasteiger partial charge in [-0.1, -0.05) is 48.5 Å². The zero-order valence-electron chi connectivity index (χ0n) is 17.0. The summed E-state index contributed by atoms with van der Waals surface area (Å²) in [5.41, 5.74) is 3.38. The van der Waals surface area contributed by atoms with Crippen LogP contribution in [-0.4, -0.2) is 24.7 Å². The molecule has 0 aliphatic carbocycles. The smallest absolute Gasteiger partial charge is 0.248 e.